The van der Waals surface area contributed by atoms with E-state index in [1.54, 1.807) is 19.5 Å². The molecule has 1 N–H and O–H groups in total. The lowest BCUT2D eigenvalue weighted by atomic mass is 10.1. The first kappa shape index (κ1) is 21.2. The van der Waals surface area contributed by atoms with Gasteiger partial charge in [-0.05, 0) is 42.5 Å². The van der Waals surface area contributed by atoms with E-state index >= 15 is 0 Å². The first-order valence-corrected chi connectivity index (χ1v) is 10.4. The second-order valence-corrected chi connectivity index (χ2v) is 7.20. The van der Waals surface area contributed by atoms with E-state index in [1.165, 1.54) is 0 Å². The molecule has 0 bridgehead atoms. The monoisotopic (exact) mass is 427 g/mol. The number of pyridine rings is 2. The van der Waals surface area contributed by atoms with Crippen LogP contribution in [0.4, 0.5) is 11.4 Å². The summed E-state index contributed by atoms with van der Waals surface area (Å²) in [7, 11) is 1.63. The fourth-order valence-corrected chi connectivity index (χ4v) is 3.46. The summed E-state index contributed by atoms with van der Waals surface area (Å²) >= 11 is 0. The molecular formula is C26H25N3O3. The summed E-state index contributed by atoms with van der Waals surface area (Å²) in [5.74, 6) is 1.38. The molecule has 0 spiro atoms. The number of para-hydroxylation sites is 1. The fraction of sp³-hybridized carbons (Fsp3) is 0.154. The van der Waals surface area contributed by atoms with Crippen molar-refractivity contribution < 1.29 is 9.47 Å². The first-order chi connectivity index (χ1) is 15.7. The molecule has 0 aliphatic heterocycles. The van der Waals surface area contributed by atoms with E-state index in [2.05, 4.69) is 14.9 Å². The third-order valence-electron chi connectivity index (χ3n) is 5.09. The maximum atomic E-state index is 12.3. The van der Waals surface area contributed by atoms with Crippen molar-refractivity contribution in [3.63, 3.8) is 0 Å². The predicted octanol–water partition coefficient (Wildman–Crippen LogP) is 4.74. The van der Waals surface area contributed by atoms with Gasteiger partial charge in [-0.25, -0.2) is 0 Å². The molecule has 4 rings (SSSR count). The number of hydrogen-bond acceptors (Lipinski definition) is 5. The van der Waals surface area contributed by atoms with E-state index < -0.39 is 0 Å². The van der Waals surface area contributed by atoms with E-state index in [1.807, 2.05) is 78.9 Å². The average Bonchev–Trinajstić information content (AvgIpc) is 2.85. The summed E-state index contributed by atoms with van der Waals surface area (Å²) in [6, 6.07) is 25.2. The quantitative estimate of drug-likeness (QED) is 0.418. The number of methoxy groups -OCH3 is 1. The third kappa shape index (κ3) is 5.16. The molecular weight excluding hydrogens is 402 g/mol. The Morgan fingerprint density at radius 2 is 1.81 bits per heavy atom. The molecule has 0 aliphatic carbocycles. The molecule has 32 heavy (non-hydrogen) atoms. The molecule has 2 heterocycles. The Labute approximate surface area is 187 Å². The van der Waals surface area contributed by atoms with Gasteiger partial charge in [0, 0.05) is 41.8 Å². The minimum atomic E-state index is -0.109. The van der Waals surface area contributed by atoms with Crippen LogP contribution in [0, 0.1) is 0 Å². The zero-order valence-corrected chi connectivity index (χ0v) is 17.9. The highest BCUT2D eigenvalue weighted by Crippen LogP contribution is 2.37. The Bertz CT molecular complexity index is 1190. The van der Waals surface area contributed by atoms with Crippen LogP contribution in [-0.4, -0.2) is 23.7 Å². The molecule has 2 aromatic carbocycles. The van der Waals surface area contributed by atoms with Gasteiger partial charge in [-0.15, -0.1) is 0 Å². The van der Waals surface area contributed by atoms with Crippen molar-refractivity contribution in [1.29, 1.82) is 0 Å². The van der Waals surface area contributed by atoms with Gasteiger partial charge < -0.3 is 19.4 Å². The first-order valence-electron chi connectivity index (χ1n) is 10.4. The Morgan fingerprint density at radius 1 is 0.969 bits per heavy atom. The molecule has 0 fully saturated rings. The number of ether oxygens (including phenoxy) is 2. The number of benzene rings is 2. The van der Waals surface area contributed by atoms with Crippen LogP contribution in [0.5, 0.6) is 11.5 Å². The molecule has 2 aromatic heterocycles. The summed E-state index contributed by atoms with van der Waals surface area (Å²) < 4.78 is 11.6. The van der Waals surface area contributed by atoms with Gasteiger partial charge in [0.1, 0.15) is 11.5 Å². The van der Waals surface area contributed by atoms with Crippen molar-refractivity contribution in [2.45, 2.75) is 13.0 Å². The molecule has 162 valence electrons. The summed E-state index contributed by atoms with van der Waals surface area (Å²) in [5.41, 5.74) is 3.34. The number of H-pyrrole nitrogens is 1. The minimum absolute atomic E-state index is 0.109. The largest absolute Gasteiger partial charge is 0.494 e. The van der Waals surface area contributed by atoms with Crippen LogP contribution in [0.2, 0.25) is 0 Å². The van der Waals surface area contributed by atoms with E-state index in [0.717, 1.165) is 23.5 Å². The molecule has 0 amide bonds. The number of nitrogens with zero attached hydrogens (tertiary/aromatic N) is 2. The summed E-state index contributed by atoms with van der Waals surface area (Å²) in [6.07, 6.45) is 4.14. The average molecular weight is 428 g/mol. The molecule has 0 radical (unpaired) electrons. The van der Waals surface area contributed by atoms with Gasteiger partial charge >= 0.3 is 0 Å². The van der Waals surface area contributed by atoms with Crippen LogP contribution in [0.15, 0.2) is 96.1 Å². The van der Waals surface area contributed by atoms with Crippen molar-refractivity contribution in [1.82, 2.24) is 9.97 Å². The second kappa shape index (κ2) is 10.3. The van der Waals surface area contributed by atoms with Crippen molar-refractivity contribution in [3.8, 4) is 11.5 Å². The van der Waals surface area contributed by atoms with E-state index in [9.17, 15) is 4.79 Å². The van der Waals surface area contributed by atoms with E-state index in [0.29, 0.717) is 30.2 Å². The summed E-state index contributed by atoms with van der Waals surface area (Å²) in [6.45, 7) is 0.914. The summed E-state index contributed by atoms with van der Waals surface area (Å²) in [5, 5.41) is 0. The number of anilines is 2. The number of aromatic amines is 1. The van der Waals surface area contributed by atoms with Gasteiger partial charge in [0.05, 0.1) is 25.9 Å². The molecule has 0 atom stereocenters. The van der Waals surface area contributed by atoms with Crippen LogP contribution in [-0.2, 0) is 13.0 Å². The lowest BCUT2D eigenvalue weighted by Crippen LogP contribution is -2.23. The zero-order chi connectivity index (χ0) is 22.2. The smallest absolute Gasteiger partial charge is 0.252 e. The van der Waals surface area contributed by atoms with Gasteiger partial charge in [0.25, 0.3) is 5.56 Å². The van der Waals surface area contributed by atoms with Gasteiger partial charge in [-0.2, -0.15) is 0 Å². The van der Waals surface area contributed by atoms with E-state index in [-0.39, 0.29) is 5.56 Å². The highest BCUT2D eigenvalue weighted by Gasteiger charge is 2.17. The van der Waals surface area contributed by atoms with Crippen LogP contribution < -0.4 is 19.9 Å². The molecule has 4 aromatic rings. The Kier molecular flexibility index (Phi) is 6.82. The van der Waals surface area contributed by atoms with Crippen LogP contribution >= 0.6 is 0 Å². The van der Waals surface area contributed by atoms with Gasteiger partial charge in [0.2, 0.25) is 0 Å². The van der Waals surface area contributed by atoms with Crippen LogP contribution in [0.1, 0.15) is 11.3 Å². The molecule has 0 saturated carbocycles. The predicted molar refractivity (Wildman–Crippen MR) is 126 cm³/mol. The maximum absolute atomic E-state index is 12.3. The van der Waals surface area contributed by atoms with Gasteiger partial charge in [0.15, 0.2) is 0 Å². The number of rotatable bonds is 9. The van der Waals surface area contributed by atoms with Crippen molar-refractivity contribution in [2.24, 2.45) is 0 Å². The lowest BCUT2D eigenvalue weighted by Gasteiger charge is -2.27. The van der Waals surface area contributed by atoms with Crippen molar-refractivity contribution in [3.05, 3.63) is 113 Å². The standard InChI is InChI=1S/C26H25N3O3/c1-31-25-18-23(32-17-14-21-9-5-6-15-27-21)12-13-24(25)29(22-10-3-2-4-11-22)19-20-8-7-16-28-26(20)30/h2-13,15-16,18H,14,17,19H2,1H3,(H,28,30). The number of hydrogen-bond donors (Lipinski definition) is 1. The Balaban J connectivity index is 1.59. The van der Waals surface area contributed by atoms with Gasteiger partial charge in [-0.3, -0.25) is 9.78 Å². The van der Waals surface area contributed by atoms with Gasteiger partial charge in [-0.1, -0.05) is 30.3 Å². The fourth-order valence-electron chi connectivity index (χ4n) is 3.46. The number of nitrogens with one attached hydrogen (secondary N) is 1. The molecule has 0 saturated heterocycles. The maximum Gasteiger partial charge on any atom is 0.252 e. The minimum Gasteiger partial charge on any atom is -0.494 e. The third-order valence-corrected chi connectivity index (χ3v) is 5.09. The molecule has 0 unspecified atom stereocenters. The SMILES string of the molecule is COc1cc(OCCc2ccccn2)ccc1N(Cc1ccc[nH]c1=O)c1ccccc1. The second-order valence-electron chi connectivity index (χ2n) is 7.20. The summed E-state index contributed by atoms with van der Waals surface area (Å²) in [4.78, 5) is 21.4. The normalized spacial score (nSPS) is 10.5. The zero-order valence-electron chi connectivity index (χ0n) is 17.9. The van der Waals surface area contributed by atoms with Crippen LogP contribution in [0.3, 0.4) is 0 Å². The van der Waals surface area contributed by atoms with Crippen molar-refractivity contribution in [2.75, 3.05) is 18.6 Å². The Morgan fingerprint density at radius 3 is 2.56 bits per heavy atom. The van der Waals surface area contributed by atoms with E-state index in [4.69, 9.17) is 9.47 Å². The Hall–Kier alpha value is -4.06. The highest BCUT2D eigenvalue weighted by atomic mass is 16.5. The topological polar surface area (TPSA) is 67.5 Å². The molecule has 6 nitrogen and oxygen atoms in total. The molecule has 0 aliphatic rings. The lowest BCUT2D eigenvalue weighted by molar-refractivity contribution is 0.317. The number of aromatic nitrogens is 2. The highest BCUT2D eigenvalue weighted by molar-refractivity contribution is 5.70. The molecule has 6 heteroatoms. The van der Waals surface area contributed by atoms with Crippen LogP contribution in [0.25, 0.3) is 0 Å². The van der Waals surface area contributed by atoms with Crippen molar-refractivity contribution >= 4 is 11.4 Å².